The number of halogens is 1. The Labute approximate surface area is 88.4 Å². The number of pyridine rings is 1. The first-order chi connectivity index (χ1) is 6.72. The summed E-state index contributed by atoms with van der Waals surface area (Å²) in [6, 6.07) is 1.66. The van der Waals surface area contributed by atoms with Crippen LogP contribution in [0.4, 0.5) is 0 Å². The number of aromatic amines is 1. The molecule has 0 radical (unpaired) electrons. The van der Waals surface area contributed by atoms with Gasteiger partial charge in [0.1, 0.15) is 5.69 Å². The van der Waals surface area contributed by atoms with E-state index in [2.05, 4.69) is 30.6 Å². The molecule has 2 heterocycles. The highest BCUT2D eigenvalue weighted by Crippen LogP contribution is 2.22. The van der Waals surface area contributed by atoms with Crippen LogP contribution in [0.3, 0.4) is 0 Å². The van der Waals surface area contributed by atoms with Crippen LogP contribution in [0.2, 0.25) is 0 Å². The van der Waals surface area contributed by atoms with Crippen molar-refractivity contribution in [2.75, 3.05) is 7.11 Å². The summed E-state index contributed by atoms with van der Waals surface area (Å²) in [7, 11) is 1.33. The Bertz CT molecular complexity index is 493. The fraction of sp³-hybridized carbons (Fsp3) is 0.111. The van der Waals surface area contributed by atoms with Crippen LogP contribution in [-0.4, -0.2) is 23.0 Å². The minimum Gasteiger partial charge on any atom is -0.464 e. The van der Waals surface area contributed by atoms with Gasteiger partial charge in [-0.15, -0.1) is 0 Å². The standard InChI is InChI=1S/C9H7BrN2O2/c1-14-9(13)8-2-7-5(3-11-8)6(10)4-12-7/h2-4,12H,1H3. The molecule has 72 valence electrons. The average molecular weight is 255 g/mol. The molecule has 0 spiro atoms. The van der Waals surface area contributed by atoms with Crippen molar-refractivity contribution >= 4 is 32.8 Å². The van der Waals surface area contributed by atoms with Crippen molar-refractivity contribution in [3.05, 3.63) is 28.6 Å². The SMILES string of the molecule is COC(=O)c1cc2[nH]cc(Br)c2cn1. The monoisotopic (exact) mass is 254 g/mol. The average Bonchev–Trinajstić information content (AvgIpc) is 2.59. The van der Waals surface area contributed by atoms with Crippen LogP contribution in [-0.2, 0) is 4.74 Å². The number of carbonyl (C=O) groups is 1. The summed E-state index contributed by atoms with van der Waals surface area (Å²) in [4.78, 5) is 18.2. The van der Waals surface area contributed by atoms with Gasteiger partial charge in [0.25, 0.3) is 0 Å². The lowest BCUT2D eigenvalue weighted by Gasteiger charge is -1.97. The number of esters is 1. The molecule has 1 N–H and O–H groups in total. The van der Waals surface area contributed by atoms with E-state index >= 15 is 0 Å². The zero-order valence-corrected chi connectivity index (χ0v) is 8.96. The minimum absolute atomic E-state index is 0.300. The lowest BCUT2D eigenvalue weighted by atomic mass is 10.3. The maximum Gasteiger partial charge on any atom is 0.356 e. The number of H-pyrrole nitrogens is 1. The third-order valence-corrected chi connectivity index (χ3v) is 2.57. The summed E-state index contributed by atoms with van der Waals surface area (Å²) >= 11 is 3.36. The number of fused-ring (bicyclic) bond motifs is 1. The molecule has 0 aliphatic heterocycles. The predicted octanol–water partition coefficient (Wildman–Crippen LogP) is 2.11. The zero-order chi connectivity index (χ0) is 10.1. The van der Waals surface area contributed by atoms with E-state index in [1.165, 1.54) is 7.11 Å². The molecule has 14 heavy (non-hydrogen) atoms. The van der Waals surface area contributed by atoms with Gasteiger partial charge in [-0.25, -0.2) is 9.78 Å². The molecule has 4 nitrogen and oxygen atoms in total. The van der Waals surface area contributed by atoms with E-state index in [0.29, 0.717) is 5.69 Å². The van der Waals surface area contributed by atoms with E-state index in [4.69, 9.17) is 0 Å². The Morgan fingerprint density at radius 1 is 1.64 bits per heavy atom. The maximum absolute atomic E-state index is 11.2. The van der Waals surface area contributed by atoms with E-state index in [1.807, 2.05) is 0 Å². The van der Waals surface area contributed by atoms with Crippen molar-refractivity contribution in [1.29, 1.82) is 0 Å². The Hall–Kier alpha value is -1.36. The molecule has 0 atom stereocenters. The molecule has 0 fully saturated rings. The smallest absolute Gasteiger partial charge is 0.356 e. The molecule has 0 unspecified atom stereocenters. The molecule has 0 aromatic carbocycles. The summed E-state index contributed by atoms with van der Waals surface area (Å²) < 4.78 is 5.49. The Morgan fingerprint density at radius 3 is 3.14 bits per heavy atom. The minimum atomic E-state index is -0.433. The van der Waals surface area contributed by atoms with Gasteiger partial charge in [-0.05, 0) is 22.0 Å². The molecule has 0 saturated carbocycles. The molecule has 0 bridgehead atoms. The number of rotatable bonds is 1. The molecule has 2 aromatic rings. The molecule has 5 heteroatoms. The predicted molar refractivity (Wildman–Crippen MR) is 55.1 cm³/mol. The second-order valence-corrected chi connectivity index (χ2v) is 3.60. The number of hydrogen-bond acceptors (Lipinski definition) is 3. The van der Waals surface area contributed by atoms with Crippen LogP contribution in [0.25, 0.3) is 10.9 Å². The number of carbonyl (C=O) groups excluding carboxylic acids is 1. The van der Waals surface area contributed by atoms with Crippen LogP contribution in [0, 0.1) is 0 Å². The van der Waals surface area contributed by atoms with Gasteiger partial charge in [0.15, 0.2) is 0 Å². The van der Waals surface area contributed by atoms with Crippen LogP contribution in [0.15, 0.2) is 22.9 Å². The molecule has 0 aliphatic carbocycles. The normalized spacial score (nSPS) is 10.4. The first-order valence-electron chi connectivity index (χ1n) is 3.93. The molecule has 2 aromatic heterocycles. The van der Waals surface area contributed by atoms with Crippen molar-refractivity contribution in [3.8, 4) is 0 Å². The molecular formula is C9H7BrN2O2. The van der Waals surface area contributed by atoms with E-state index in [9.17, 15) is 4.79 Å². The van der Waals surface area contributed by atoms with Crippen molar-refractivity contribution in [2.24, 2.45) is 0 Å². The van der Waals surface area contributed by atoms with E-state index < -0.39 is 5.97 Å². The van der Waals surface area contributed by atoms with Crippen molar-refractivity contribution in [3.63, 3.8) is 0 Å². The topological polar surface area (TPSA) is 55.0 Å². The highest BCUT2D eigenvalue weighted by molar-refractivity contribution is 9.10. The first-order valence-corrected chi connectivity index (χ1v) is 4.72. The fourth-order valence-corrected chi connectivity index (χ4v) is 1.63. The highest BCUT2D eigenvalue weighted by atomic mass is 79.9. The Balaban J connectivity index is 2.57. The van der Waals surface area contributed by atoms with Gasteiger partial charge in [-0.1, -0.05) is 0 Å². The second-order valence-electron chi connectivity index (χ2n) is 2.74. The third-order valence-electron chi connectivity index (χ3n) is 1.91. The third kappa shape index (κ3) is 1.39. The van der Waals surface area contributed by atoms with Gasteiger partial charge in [0.05, 0.1) is 12.6 Å². The van der Waals surface area contributed by atoms with Crippen LogP contribution in [0.1, 0.15) is 10.5 Å². The van der Waals surface area contributed by atoms with E-state index in [0.717, 1.165) is 15.4 Å². The van der Waals surface area contributed by atoms with E-state index in [1.54, 1.807) is 18.5 Å². The Morgan fingerprint density at radius 2 is 2.43 bits per heavy atom. The number of aromatic nitrogens is 2. The Kier molecular flexibility index (Phi) is 2.25. The summed E-state index contributed by atoms with van der Waals surface area (Å²) in [5.74, 6) is -0.433. The van der Waals surface area contributed by atoms with Gasteiger partial charge in [-0.3, -0.25) is 0 Å². The number of nitrogens with one attached hydrogen (secondary N) is 1. The van der Waals surface area contributed by atoms with Crippen LogP contribution >= 0.6 is 15.9 Å². The van der Waals surface area contributed by atoms with Gasteiger partial charge >= 0.3 is 5.97 Å². The largest absolute Gasteiger partial charge is 0.464 e. The summed E-state index contributed by atoms with van der Waals surface area (Å²) in [5, 5.41) is 0.942. The molecule has 0 aliphatic rings. The number of nitrogens with zero attached hydrogens (tertiary/aromatic N) is 1. The van der Waals surface area contributed by atoms with Gasteiger partial charge in [-0.2, -0.15) is 0 Å². The summed E-state index contributed by atoms with van der Waals surface area (Å²) in [5.41, 5.74) is 1.15. The maximum atomic E-state index is 11.2. The van der Waals surface area contributed by atoms with Crippen molar-refractivity contribution < 1.29 is 9.53 Å². The number of methoxy groups -OCH3 is 1. The van der Waals surface area contributed by atoms with Gasteiger partial charge in [0.2, 0.25) is 0 Å². The highest BCUT2D eigenvalue weighted by Gasteiger charge is 2.09. The summed E-state index contributed by atoms with van der Waals surface area (Å²) in [6.07, 6.45) is 3.43. The quantitative estimate of drug-likeness (QED) is 0.794. The lowest BCUT2D eigenvalue weighted by molar-refractivity contribution is 0.0594. The van der Waals surface area contributed by atoms with Gasteiger partial charge < -0.3 is 9.72 Å². The summed E-state index contributed by atoms with van der Waals surface area (Å²) in [6.45, 7) is 0. The van der Waals surface area contributed by atoms with Crippen molar-refractivity contribution in [2.45, 2.75) is 0 Å². The zero-order valence-electron chi connectivity index (χ0n) is 7.37. The van der Waals surface area contributed by atoms with E-state index in [-0.39, 0.29) is 0 Å². The first kappa shape index (κ1) is 9.21. The van der Waals surface area contributed by atoms with Crippen LogP contribution < -0.4 is 0 Å². The van der Waals surface area contributed by atoms with Crippen LogP contribution in [0.5, 0.6) is 0 Å². The second kappa shape index (κ2) is 3.42. The van der Waals surface area contributed by atoms with Crippen molar-refractivity contribution in [1.82, 2.24) is 9.97 Å². The lowest BCUT2D eigenvalue weighted by Crippen LogP contribution is -2.03. The molecule has 0 amide bonds. The fourth-order valence-electron chi connectivity index (χ4n) is 1.20. The molecule has 2 rings (SSSR count). The molecular weight excluding hydrogens is 248 g/mol. The number of hydrogen-bond donors (Lipinski definition) is 1. The molecule has 0 saturated heterocycles. The van der Waals surface area contributed by atoms with Gasteiger partial charge in [0, 0.05) is 22.3 Å². The number of ether oxygens (including phenoxy) is 1.